The molecule has 1 rings (SSSR count). The maximum absolute atomic E-state index is 13.1. The van der Waals surface area contributed by atoms with Gasteiger partial charge in [-0.1, -0.05) is 6.92 Å². The summed E-state index contributed by atoms with van der Waals surface area (Å²) in [5.74, 6) is -1.33. The van der Waals surface area contributed by atoms with E-state index in [1.807, 2.05) is 13.8 Å². The summed E-state index contributed by atoms with van der Waals surface area (Å²) in [5, 5.41) is 13.5. The number of carbonyl (C=O) groups is 1. The van der Waals surface area contributed by atoms with Gasteiger partial charge in [0, 0.05) is 18.2 Å². The Labute approximate surface area is 116 Å². The van der Waals surface area contributed by atoms with Crippen molar-refractivity contribution in [2.75, 3.05) is 0 Å². The highest BCUT2D eigenvalue weighted by atomic mass is 19.1. The summed E-state index contributed by atoms with van der Waals surface area (Å²) in [5.41, 5.74) is -0.380. The lowest BCUT2D eigenvalue weighted by Crippen LogP contribution is -2.41. The third-order valence-electron chi connectivity index (χ3n) is 2.79. The van der Waals surface area contributed by atoms with E-state index in [0.29, 0.717) is 0 Å². The zero-order chi connectivity index (χ0) is 15.3. The number of benzene rings is 1. The molecule has 1 aromatic rings. The molecule has 0 heterocycles. The quantitative estimate of drug-likeness (QED) is 0.642. The molecule has 0 saturated heterocycles. The molecule has 0 aromatic heterocycles. The molecule has 7 heteroatoms. The largest absolute Gasteiger partial charge is 0.474 e. The summed E-state index contributed by atoms with van der Waals surface area (Å²) in [6, 6.07) is 2.83. The number of nitrogens with zero attached hydrogens (tertiary/aromatic N) is 1. The third kappa shape index (κ3) is 4.18. The van der Waals surface area contributed by atoms with Crippen molar-refractivity contribution >= 4 is 11.6 Å². The molecule has 1 aromatic carbocycles. The molecular weight excluding hydrogens is 267 g/mol. The minimum Gasteiger partial charge on any atom is -0.474 e. The Morgan fingerprint density at radius 3 is 2.70 bits per heavy atom. The SMILES string of the molecule is CCC(C)NC(=O)C(C)Oc1cc(F)ccc1[N+](=O)[O-]. The van der Waals surface area contributed by atoms with Crippen LogP contribution in [0.1, 0.15) is 27.2 Å². The van der Waals surface area contributed by atoms with Crippen molar-refractivity contribution in [3.63, 3.8) is 0 Å². The van der Waals surface area contributed by atoms with Crippen LogP contribution in [-0.4, -0.2) is 23.0 Å². The van der Waals surface area contributed by atoms with Gasteiger partial charge in [0.2, 0.25) is 5.75 Å². The monoisotopic (exact) mass is 284 g/mol. The van der Waals surface area contributed by atoms with E-state index < -0.39 is 22.8 Å². The predicted molar refractivity (Wildman–Crippen MR) is 71.0 cm³/mol. The molecule has 0 spiro atoms. The molecule has 6 nitrogen and oxygen atoms in total. The highest BCUT2D eigenvalue weighted by Crippen LogP contribution is 2.28. The van der Waals surface area contributed by atoms with Crippen molar-refractivity contribution in [2.45, 2.75) is 39.3 Å². The summed E-state index contributed by atoms with van der Waals surface area (Å²) >= 11 is 0. The van der Waals surface area contributed by atoms with Gasteiger partial charge in [-0.05, 0) is 26.3 Å². The Hall–Kier alpha value is -2.18. The molecule has 0 aliphatic rings. The number of hydrogen-bond donors (Lipinski definition) is 1. The summed E-state index contributed by atoms with van der Waals surface area (Å²) in [6.07, 6.45) is -0.206. The highest BCUT2D eigenvalue weighted by Gasteiger charge is 2.22. The maximum Gasteiger partial charge on any atom is 0.311 e. The molecule has 0 saturated carbocycles. The molecule has 0 aliphatic carbocycles. The van der Waals surface area contributed by atoms with Crippen LogP contribution in [0.5, 0.6) is 5.75 Å². The fourth-order valence-electron chi connectivity index (χ4n) is 1.44. The summed E-state index contributed by atoms with van der Waals surface area (Å²) in [4.78, 5) is 21.9. The van der Waals surface area contributed by atoms with E-state index in [9.17, 15) is 19.3 Å². The first-order valence-electron chi connectivity index (χ1n) is 6.26. The Morgan fingerprint density at radius 2 is 2.15 bits per heavy atom. The number of ether oxygens (including phenoxy) is 1. The van der Waals surface area contributed by atoms with Gasteiger partial charge in [-0.3, -0.25) is 14.9 Å². The molecule has 110 valence electrons. The van der Waals surface area contributed by atoms with E-state index in [1.165, 1.54) is 6.92 Å². The van der Waals surface area contributed by atoms with Gasteiger partial charge < -0.3 is 10.1 Å². The smallest absolute Gasteiger partial charge is 0.311 e. The average molecular weight is 284 g/mol. The predicted octanol–water partition coefficient (Wildman–Crippen LogP) is 2.42. The van der Waals surface area contributed by atoms with Crippen LogP contribution in [0.25, 0.3) is 0 Å². The number of nitro groups is 1. The number of rotatable bonds is 6. The van der Waals surface area contributed by atoms with E-state index in [-0.39, 0.29) is 17.5 Å². The van der Waals surface area contributed by atoms with Crippen LogP contribution >= 0.6 is 0 Å². The van der Waals surface area contributed by atoms with E-state index >= 15 is 0 Å². The first kappa shape index (κ1) is 15.9. The van der Waals surface area contributed by atoms with Gasteiger partial charge in [-0.25, -0.2) is 4.39 Å². The van der Waals surface area contributed by atoms with Gasteiger partial charge in [0.15, 0.2) is 6.10 Å². The van der Waals surface area contributed by atoms with Crippen molar-refractivity contribution in [2.24, 2.45) is 0 Å². The highest BCUT2D eigenvalue weighted by molar-refractivity contribution is 5.81. The second kappa shape index (κ2) is 6.83. The fourth-order valence-corrected chi connectivity index (χ4v) is 1.44. The number of nitro benzene ring substituents is 1. The lowest BCUT2D eigenvalue weighted by molar-refractivity contribution is -0.386. The lowest BCUT2D eigenvalue weighted by Gasteiger charge is -2.17. The van der Waals surface area contributed by atoms with Gasteiger partial charge in [0.25, 0.3) is 5.91 Å². The van der Waals surface area contributed by atoms with Crippen LogP contribution < -0.4 is 10.1 Å². The van der Waals surface area contributed by atoms with E-state index in [0.717, 1.165) is 24.6 Å². The van der Waals surface area contributed by atoms with Crippen molar-refractivity contribution in [1.82, 2.24) is 5.32 Å². The summed E-state index contributed by atoms with van der Waals surface area (Å²) in [6.45, 7) is 5.19. The molecule has 0 aliphatic heterocycles. The second-order valence-corrected chi connectivity index (χ2v) is 4.45. The lowest BCUT2D eigenvalue weighted by atomic mass is 10.2. The maximum atomic E-state index is 13.1. The van der Waals surface area contributed by atoms with Gasteiger partial charge in [0.1, 0.15) is 5.82 Å². The Bertz CT molecular complexity index is 507. The van der Waals surface area contributed by atoms with Gasteiger partial charge in [0.05, 0.1) is 4.92 Å². The second-order valence-electron chi connectivity index (χ2n) is 4.45. The summed E-state index contributed by atoms with van der Waals surface area (Å²) < 4.78 is 18.3. The van der Waals surface area contributed by atoms with Crippen LogP contribution in [0.3, 0.4) is 0 Å². The topological polar surface area (TPSA) is 81.5 Å². The minimum absolute atomic E-state index is 0.0314. The molecule has 2 unspecified atom stereocenters. The van der Waals surface area contributed by atoms with Crippen LogP contribution in [-0.2, 0) is 4.79 Å². The van der Waals surface area contributed by atoms with Crippen LogP contribution in [0.2, 0.25) is 0 Å². The molecule has 0 radical (unpaired) electrons. The van der Waals surface area contributed by atoms with E-state index in [4.69, 9.17) is 4.74 Å². The number of nitrogens with one attached hydrogen (secondary N) is 1. The van der Waals surface area contributed by atoms with Gasteiger partial charge >= 0.3 is 5.69 Å². The minimum atomic E-state index is -0.954. The number of halogens is 1. The number of carbonyl (C=O) groups excluding carboxylic acids is 1. The Morgan fingerprint density at radius 1 is 1.50 bits per heavy atom. The fraction of sp³-hybridized carbons (Fsp3) is 0.462. The van der Waals surface area contributed by atoms with Crippen molar-refractivity contribution in [3.05, 3.63) is 34.1 Å². The van der Waals surface area contributed by atoms with E-state index in [2.05, 4.69) is 5.32 Å². The number of hydrogen-bond acceptors (Lipinski definition) is 4. The van der Waals surface area contributed by atoms with Crippen LogP contribution in [0.4, 0.5) is 10.1 Å². The van der Waals surface area contributed by atoms with E-state index in [1.54, 1.807) is 0 Å². The zero-order valence-corrected chi connectivity index (χ0v) is 11.6. The first-order valence-corrected chi connectivity index (χ1v) is 6.26. The van der Waals surface area contributed by atoms with Crippen molar-refractivity contribution < 1.29 is 18.8 Å². The zero-order valence-electron chi connectivity index (χ0n) is 11.6. The first-order chi connectivity index (χ1) is 9.35. The molecule has 0 fully saturated rings. The van der Waals surface area contributed by atoms with Crippen LogP contribution in [0.15, 0.2) is 18.2 Å². The Balaban J connectivity index is 2.84. The van der Waals surface area contributed by atoms with Crippen molar-refractivity contribution in [3.8, 4) is 5.75 Å². The van der Waals surface area contributed by atoms with Crippen LogP contribution in [0, 0.1) is 15.9 Å². The molecular formula is C13H17FN2O4. The average Bonchev–Trinajstić information content (AvgIpc) is 2.38. The molecule has 20 heavy (non-hydrogen) atoms. The Kier molecular flexibility index (Phi) is 5.42. The molecule has 1 amide bonds. The van der Waals surface area contributed by atoms with Gasteiger partial charge in [-0.2, -0.15) is 0 Å². The third-order valence-corrected chi connectivity index (χ3v) is 2.79. The normalized spacial score (nSPS) is 13.4. The van der Waals surface area contributed by atoms with Gasteiger partial charge in [-0.15, -0.1) is 0 Å². The van der Waals surface area contributed by atoms with Crippen molar-refractivity contribution in [1.29, 1.82) is 0 Å². The standard InChI is InChI=1S/C13H17FN2O4/c1-4-8(2)15-13(17)9(3)20-12-7-10(14)5-6-11(12)16(18)19/h5-9H,4H2,1-3H3,(H,15,17). The molecule has 0 bridgehead atoms. The number of amides is 1. The summed E-state index contributed by atoms with van der Waals surface area (Å²) in [7, 11) is 0. The molecule has 1 N–H and O–H groups in total. The molecule has 2 atom stereocenters.